The predicted octanol–water partition coefficient (Wildman–Crippen LogP) is 2.91. The van der Waals surface area contributed by atoms with Gasteiger partial charge in [0.2, 0.25) is 9.84 Å². The van der Waals surface area contributed by atoms with Gasteiger partial charge >= 0.3 is 5.51 Å². The Morgan fingerprint density at radius 3 is 1.42 bits per heavy atom. The van der Waals surface area contributed by atoms with Crippen molar-refractivity contribution in [2.24, 2.45) is 0 Å². The second kappa shape index (κ2) is 2.00. The average molecular weight is 222 g/mol. The minimum Gasteiger partial charge on any atom is -0.395 e. The Kier molecular flexibility index (Phi) is 1.97. The summed E-state index contributed by atoms with van der Waals surface area (Å²) >= 11 is 0. The van der Waals surface area contributed by atoms with E-state index in [1.54, 1.807) is 0 Å². The molecule has 0 spiro atoms. The highest BCUT2D eigenvalue weighted by atomic mass is 32.5. The van der Waals surface area contributed by atoms with Crippen LogP contribution in [0.15, 0.2) is 0 Å². The molecule has 0 fully saturated rings. The van der Waals surface area contributed by atoms with E-state index in [-0.39, 0.29) is 0 Å². The van der Waals surface area contributed by atoms with E-state index >= 15 is 0 Å². The summed E-state index contributed by atoms with van der Waals surface area (Å²) in [6, 6.07) is 0. The average Bonchev–Trinajstić information content (AvgIpc) is 1.55. The van der Waals surface area contributed by atoms with Crippen molar-refractivity contribution < 1.29 is 33.8 Å². The molecule has 78 valence electrons. The van der Waals surface area contributed by atoms with Crippen LogP contribution in [0.4, 0.5) is 28.7 Å². The maximum Gasteiger partial charge on any atom is 0.506 e. The van der Waals surface area contributed by atoms with Gasteiger partial charge < -0.3 is 5.11 Å². The summed E-state index contributed by atoms with van der Waals surface area (Å²) < 4.78 is 80.9. The molecule has 0 saturated carbocycles. The molecular formula is C3H5F7OS. The smallest absolute Gasteiger partial charge is 0.395 e. The van der Waals surface area contributed by atoms with Crippen LogP contribution in [0.2, 0.25) is 0 Å². The van der Waals surface area contributed by atoms with Gasteiger partial charge in [-0.2, -0.15) is 13.2 Å². The highest BCUT2D eigenvalue weighted by Crippen LogP contribution is 3.02. The van der Waals surface area contributed by atoms with Gasteiger partial charge in [-0.15, -0.1) is 15.5 Å². The standard InChI is InChI=1S/C3H5F7OS/c4-3(5,6)12(7,8,9,10)2-1-11/h11H,1-2H2. The Labute approximate surface area is 62.6 Å². The highest BCUT2D eigenvalue weighted by molar-refractivity contribution is 8.50. The molecule has 0 amide bonds. The molecule has 0 radical (unpaired) electrons. The Morgan fingerprint density at radius 2 is 1.33 bits per heavy atom. The molecule has 12 heavy (non-hydrogen) atoms. The molecule has 0 bridgehead atoms. The molecule has 0 heterocycles. The lowest BCUT2D eigenvalue weighted by Crippen LogP contribution is -2.36. The van der Waals surface area contributed by atoms with E-state index in [4.69, 9.17) is 5.11 Å². The van der Waals surface area contributed by atoms with Crippen molar-refractivity contribution in [1.82, 2.24) is 0 Å². The largest absolute Gasteiger partial charge is 0.506 e. The van der Waals surface area contributed by atoms with E-state index in [0.29, 0.717) is 0 Å². The number of aliphatic hydroxyl groups is 1. The Balaban J connectivity index is 5.21. The maximum atomic E-state index is 11.8. The van der Waals surface area contributed by atoms with Crippen LogP contribution in [-0.2, 0) is 0 Å². The summed E-state index contributed by atoms with van der Waals surface area (Å²) in [4.78, 5) is 0. The second-order valence-electron chi connectivity index (χ2n) is 2.11. The molecule has 0 aromatic rings. The van der Waals surface area contributed by atoms with Crippen LogP contribution in [0.25, 0.3) is 0 Å². The van der Waals surface area contributed by atoms with Crippen LogP contribution in [0.3, 0.4) is 0 Å². The molecule has 1 N–H and O–H groups in total. The molecule has 1 nitrogen and oxygen atoms in total. The van der Waals surface area contributed by atoms with E-state index in [0.717, 1.165) is 0 Å². The van der Waals surface area contributed by atoms with Gasteiger partial charge in [-0.1, -0.05) is 0 Å². The van der Waals surface area contributed by atoms with E-state index < -0.39 is 27.7 Å². The van der Waals surface area contributed by atoms with E-state index in [1.807, 2.05) is 0 Å². The third kappa shape index (κ3) is 1.76. The van der Waals surface area contributed by atoms with Gasteiger partial charge in [0.15, 0.2) is 0 Å². The zero-order valence-corrected chi connectivity index (χ0v) is 6.23. The first-order chi connectivity index (χ1) is 4.83. The lowest BCUT2D eigenvalue weighted by molar-refractivity contribution is -0.0712. The number of alkyl halides is 3. The predicted molar refractivity (Wildman–Crippen MR) is 30.0 cm³/mol. The first kappa shape index (κ1) is 11.8. The van der Waals surface area contributed by atoms with Crippen LogP contribution in [0.1, 0.15) is 0 Å². The van der Waals surface area contributed by atoms with Crippen molar-refractivity contribution in [1.29, 1.82) is 0 Å². The van der Waals surface area contributed by atoms with Crippen molar-refractivity contribution in [3.8, 4) is 0 Å². The minimum atomic E-state index is -10.1. The molecule has 0 atom stereocenters. The summed E-state index contributed by atoms with van der Waals surface area (Å²) in [6.07, 6.45) is 0. The van der Waals surface area contributed by atoms with Gasteiger partial charge in [-0.3, -0.25) is 0 Å². The molecule has 0 aliphatic heterocycles. The van der Waals surface area contributed by atoms with Gasteiger partial charge in [0, 0.05) is 0 Å². The summed E-state index contributed by atoms with van der Waals surface area (Å²) in [5, 5.41) is 7.67. The van der Waals surface area contributed by atoms with E-state index in [2.05, 4.69) is 0 Å². The summed E-state index contributed by atoms with van der Waals surface area (Å²) in [7, 11) is -10.1. The monoisotopic (exact) mass is 222 g/mol. The zero-order chi connectivity index (χ0) is 10.3. The maximum absolute atomic E-state index is 11.8. The van der Waals surface area contributed by atoms with E-state index in [1.165, 1.54) is 0 Å². The van der Waals surface area contributed by atoms with Gasteiger partial charge in [-0.05, 0) is 0 Å². The minimum absolute atomic E-state index is 1.92. The third-order valence-electron chi connectivity index (χ3n) is 1.02. The van der Waals surface area contributed by atoms with Crippen LogP contribution >= 0.6 is 9.84 Å². The number of rotatable bonds is 2. The molecule has 0 saturated heterocycles. The lowest BCUT2D eigenvalue weighted by atomic mass is 10.9. The molecule has 9 heteroatoms. The first-order valence-corrected chi connectivity index (χ1v) is 4.71. The number of hydrogen-bond donors (Lipinski definition) is 1. The van der Waals surface area contributed by atoms with Crippen molar-refractivity contribution in [2.45, 2.75) is 5.51 Å². The van der Waals surface area contributed by atoms with Crippen LogP contribution < -0.4 is 0 Å². The van der Waals surface area contributed by atoms with Gasteiger partial charge in [0.25, 0.3) is 0 Å². The fourth-order valence-electron chi connectivity index (χ4n) is 0.299. The highest BCUT2D eigenvalue weighted by Gasteiger charge is 2.82. The Hall–Kier alpha value is -0.180. The Morgan fingerprint density at radius 1 is 1.00 bits per heavy atom. The molecule has 0 aromatic carbocycles. The van der Waals surface area contributed by atoms with Gasteiger partial charge in [-0.25, -0.2) is 0 Å². The summed E-state index contributed by atoms with van der Waals surface area (Å²) in [5.74, 6) is -2.86. The number of halogens is 7. The summed E-state index contributed by atoms with van der Waals surface area (Å²) in [6.45, 7) is -1.92. The molecule has 0 rings (SSSR count). The molecule has 0 aliphatic carbocycles. The normalized spacial score (nSPS) is 20.0. The van der Waals surface area contributed by atoms with Crippen molar-refractivity contribution in [2.75, 3.05) is 12.4 Å². The van der Waals surface area contributed by atoms with Gasteiger partial charge in [0.05, 0.1) is 12.4 Å². The van der Waals surface area contributed by atoms with Crippen molar-refractivity contribution in [3.05, 3.63) is 0 Å². The number of hydrogen-bond acceptors (Lipinski definition) is 1. The molecule has 0 unspecified atom stereocenters. The number of aliphatic hydroxyl groups excluding tert-OH is 1. The van der Waals surface area contributed by atoms with Crippen molar-refractivity contribution >= 4 is 9.84 Å². The first-order valence-electron chi connectivity index (χ1n) is 2.49. The van der Waals surface area contributed by atoms with Crippen LogP contribution in [0.5, 0.6) is 0 Å². The van der Waals surface area contributed by atoms with Crippen LogP contribution in [-0.4, -0.2) is 23.0 Å². The van der Waals surface area contributed by atoms with Gasteiger partial charge in [0.1, 0.15) is 0 Å². The van der Waals surface area contributed by atoms with Crippen LogP contribution in [0, 0.1) is 0 Å². The molecular weight excluding hydrogens is 217 g/mol. The quantitative estimate of drug-likeness (QED) is 0.712. The fraction of sp³-hybridized carbons (Fsp3) is 1.00. The fourth-order valence-corrected chi connectivity index (χ4v) is 0.898. The topological polar surface area (TPSA) is 20.2 Å². The van der Waals surface area contributed by atoms with Crippen molar-refractivity contribution in [3.63, 3.8) is 0 Å². The third-order valence-corrected chi connectivity index (χ3v) is 3.05. The molecule has 0 aromatic heterocycles. The Bertz CT molecular complexity index is 186. The zero-order valence-electron chi connectivity index (χ0n) is 5.42. The summed E-state index contributed by atoms with van der Waals surface area (Å²) in [5.41, 5.74) is -6.89. The SMILES string of the molecule is OCCS(F)(F)(F)(F)C(F)(F)F. The molecule has 0 aliphatic rings. The second-order valence-corrected chi connectivity index (χ2v) is 5.46. The lowest BCUT2D eigenvalue weighted by Gasteiger charge is -2.49. The van der Waals surface area contributed by atoms with E-state index in [9.17, 15) is 28.7 Å².